The summed E-state index contributed by atoms with van der Waals surface area (Å²) in [4.78, 5) is 12.9. The summed E-state index contributed by atoms with van der Waals surface area (Å²) in [6.07, 6.45) is -9.10. The van der Waals surface area contributed by atoms with Crippen LogP contribution >= 0.6 is 23.2 Å². The molecule has 1 saturated carbocycles. The summed E-state index contributed by atoms with van der Waals surface area (Å²) in [6.45, 7) is 3.01. The van der Waals surface area contributed by atoms with Crippen molar-refractivity contribution < 1.29 is 58.4 Å². The second-order valence-electron chi connectivity index (χ2n) is 11.2. The zero-order valence-electron chi connectivity index (χ0n) is 24.6. The van der Waals surface area contributed by atoms with Crippen molar-refractivity contribution in [1.29, 1.82) is 0 Å². The first-order valence-corrected chi connectivity index (χ1v) is 15.1. The quantitative estimate of drug-likeness (QED) is 0.169. The maximum atomic E-state index is 15.0. The molecular formula is C31H34Cl2FNO11. The van der Waals surface area contributed by atoms with Crippen LogP contribution in [0.25, 0.3) is 6.08 Å². The van der Waals surface area contributed by atoms with Crippen molar-refractivity contribution in [3.63, 3.8) is 0 Å². The number of nitrogens with one attached hydrogen (secondary N) is 1. The third-order valence-electron chi connectivity index (χ3n) is 8.03. The molecule has 12 nitrogen and oxygen atoms in total. The van der Waals surface area contributed by atoms with Crippen LogP contribution in [0.15, 0.2) is 53.6 Å². The summed E-state index contributed by atoms with van der Waals surface area (Å²) in [5.41, 5.74) is 0.999. The van der Waals surface area contributed by atoms with Crippen LogP contribution in [0.1, 0.15) is 19.4 Å². The van der Waals surface area contributed by atoms with E-state index >= 15 is 0 Å². The number of hydrogen-bond acceptors (Lipinski definition) is 11. The van der Waals surface area contributed by atoms with Gasteiger partial charge in [0.05, 0.1) is 11.1 Å². The first-order chi connectivity index (χ1) is 21.8. The molecule has 1 aliphatic carbocycles. The van der Waals surface area contributed by atoms with E-state index in [1.165, 1.54) is 37.3 Å². The number of rotatable bonds is 9. The Kier molecular flexibility index (Phi) is 10.8. The monoisotopic (exact) mass is 685 g/mol. The molecule has 2 heterocycles. The van der Waals surface area contributed by atoms with Gasteiger partial charge in [-0.2, -0.15) is 0 Å². The van der Waals surface area contributed by atoms with Crippen molar-refractivity contribution in [3.8, 4) is 17.2 Å². The number of aromatic hydroxyl groups is 1. The highest BCUT2D eigenvalue weighted by Crippen LogP contribution is 2.35. The molecule has 0 spiro atoms. The number of phenols is 1. The summed E-state index contributed by atoms with van der Waals surface area (Å²) in [5.74, 6) is -0.775. The Labute approximate surface area is 273 Å². The van der Waals surface area contributed by atoms with Crippen LogP contribution in [0.5, 0.6) is 17.2 Å². The maximum Gasteiger partial charge on any atom is 0.247 e. The number of hydrogen-bond donors (Lipinski definition) is 6. The van der Waals surface area contributed by atoms with Gasteiger partial charge < -0.3 is 54.5 Å². The minimum atomic E-state index is -1.94. The largest absolute Gasteiger partial charge is 0.504 e. The number of aliphatic hydroxyl groups is 4. The Balaban J connectivity index is 1.18. The van der Waals surface area contributed by atoms with Gasteiger partial charge in [0, 0.05) is 10.6 Å². The summed E-state index contributed by atoms with van der Waals surface area (Å²) in [7, 11) is 0. The SMILES string of the molecule is C/C(=C\c1ccc(O[C@@H]2O[C@H](/C(C)=C/COc3ccc(Cl)cc3Cl)[C@@H](O)[C@H]2F)c(O)c1)C(=O)N[C@@H]1[C@H](O)[C@@H](O)[C@H]2OCO[C@H]2[C@@H]1O. The number of fused-ring (bicyclic) bond motifs is 1. The first kappa shape index (κ1) is 34.4. The van der Waals surface area contributed by atoms with Crippen LogP contribution in [-0.4, -0.2) is 106 Å². The topological polar surface area (TPSA) is 176 Å². The molecule has 250 valence electrons. The number of carbonyl (C=O) groups is 1. The third-order valence-corrected chi connectivity index (χ3v) is 8.56. The van der Waals surface area contributed by atoms with Crippen LogP contribution in [0.4, 0.5) is 4.39 Å². The zero-order valence-corrected chi connectivity index (χ0v) is 26.1. The van der Waals surface area contributed by atoms with Crippen molar-refractivity contribution in [3.05, 3.63) is 69.2 Å². The van der Waals surface area contributed by atoms with Crippen molar-refractivity contribution >= 4 is 35.2 Å². The molecule has 46 heavy (non-hydrogen) atoms. The van der Waals surface area contributed by atoms with Crippen molar-refractivity contribution in [1.82, 2.24) is 5.32 Å². The minimum Gasteiger partial charge on any atom is -0.504 e. The van der Waals surface area contributed by atoms with E-state index in [-0.39, 0.29) is 30.5 Å². The fourth-order valence-electron chi connectivity index (χ4n) is 5.45. The van der Waals surface area contributed by atoms with E-state index in [0.717, 1.165) is 0 Å². The van der Waals surface area contributed by atoms with Gasteiger partial charge in [-0.15, -0.1) is 0 Å². The predicted octanol–water partition coefficient (Wildman–Crippen LogP) is 2.25. The molecule has 2 aliphatic heterocycles. The number of phenolic OH excluding ortho intramolecular Hbond substituents is 1. The molecule has 3 fully saturated rings. The first-order valence-electron chi connectivity index (χ1n) is 14.3. The molecule has 2 aromatic carbocycles. The minimum absolute atomic E-state index is 0.0591. The molecule has 10 atom stereocenters. The third kappa shape index (κ3) is 7.28. The zero-order chi connectivity index (χ0) is 33.3. The Morgan fingerprint density at radius 3 is 2.39 bits per heavy atom. The number of amides is 1. The van der Waals surface area contributed by atoms with Crippen molar-refractivity contribution in [2.75, 3.05) is 13.4 Å². The highest BCUT2D eigenvalue weighted by molar-refractivity contribution is 6.35. The number of halogens is 3. The van der Waals surface area contributed by atoms with E-state index in [1.54, 1.807) is 25.1 Å². The molecule has 15 heteroatoms. The lowest BCUT2D eigenvalue weighted by atomic mass is 9.83. The molecule has 2 saturated heterocycles. The second-order valence-corrected chi connectivity index (χ2v) is 12.1. The molecule has 0 radical (unpaired) electrons. The highest BCUT2D eigenvalue weighted by Gasteiger charge is 2.53. The molecule has 6 N–H and O–H groups in total. The van der Waals surface area contributed by atoms with Gasteiger partial charge in [-0.1, -0.05) is 29.3 Å². The fraction of sp³-hybridized carbons (Fsp3) is 0.452. The van der Waals surface area contributed by atoms with Gasteiger partial charge in [0.25, 0.3) is 0 Å². The van der Waals surface area contributed by atoms with E-state index in [1.807, 2.05) is 0 Å². The fourth-order valence-corrected chi connectivity index (χ4v) is 5.92. The molecule has 3 aliphatic rings. The van der Waals surface area contributed by atoms with Crippen molar-refractivity contribution in [2.45, 2.75) is 75.1 Å². The lowest BCUT2D eigenvalue weighted by Gasteiger charge is -2.41. The number of alkyl halides is 1. The molecule has 0 bridgehead atoms. The summed E-state index contributed by atoms with van der Waals surface area (Å²) in [6, 6.07) is 7.64. The smallest absolute Gasteiger partial charge is 0.247 e. The summed E-state index contributed by atoms with van der Waals surface area (Å²) >= 11 is 12.0. The van der Waals surface area contributed by atoms with Crippen LogP contribution in [-0.2, 0) is 19.0 Å². The van der Waals surface area contributed by atoms with Gasteiger partial charge in [-0.25, -0.2) is 4.39 Å². The van der Waals surface area contributed by atoms with E-state index in [0.29, 0.717) is 26.9 Å². The molecular weight excluding hydrogens is 652 g/mol. The van der Waals surface area contributed by atoms with Gasteiger partial charge in [0.15, 0.2) is 17.7 Å². The van der Waals surface area contributed by atoms with Gasteiger partial charge >= 0.3 is 0 Å². The van der Waals surface area contributed by atoms with Crippen molar-refractivity contribution in [2.24, 2.45) is 0 Å². The van der Waals surface area contributed by atoms with Crippen LogP contribution in [0, 0.1) is 0 Å². The van der Waals surface area contributed by atoms with Crippen LogP contribution in [0.2, 0.25) is 10.0 Å². The average Bonchev–Trinajstić information content (AvgIpc) is 3.62. The lowest BCUT2D eigenvalue weighted by Crippen LogP contribution is -2.67. The number of aliphatic hydroxyl groups excluding tert-OH is 4. The second kappa shape index (κ2) is 14.4. The molecule has 0 unspecified atom stereocenters. The highest BCUT2D eigenvalue weighted by atomic mass is 35.5. The van der Waals surface area contributed by atoms with E-state index in [4.69, 9.17) is 46.9 Å². The number of carbonyl (C=O) groups excluding carboxylic acids is 1. The standard InChI is InChI=1S/C31H34Cl2FNO11/c1-13(7-8-42-19-6-4-16(32)11-17(19)33)27-23(37)21(34)31(46-27)45-20-5-3-15(10-18(20)36)9-14(2)30(41)35-22-24(38)26(40)29-28(25(22)39)43-12-44-29/h3-7,9-11,21-29,31,36-40H,8,12H2,1-2H3,(H,35,41)/b13-7+,14-9+/t21-,22-,23+,24+,25-,26-,27-,28+,29-,31-/m1/s1. The molecule has 2 aromatic rings. The normalized spacial score (nSPS) is 33.1. The Morgan fingerprint density at radius 1 is 1.00 bits per heavy atom. The maximum absolute atomic E-state index is 15.0. The Hall–Kier alpha value is -2.98. The molecule has 0 aromatic heterocycles. The lowest BCUT2D eigenvalue weighted by molar-refractivity contribution is -0.155. The Bertz CT molecular complexity index is 1490. The van der Waals surface area contributed by atoms with Gasteiger partial charge in [0.1, 0.15) is 61.9 Å². The number of benzene rings is 2. The molecule has 1 amide bonds. The summed E-state index contributed by atoms with van der Waals surface area (Å²) in [5, 5.41) is 55.7. The van der Waals surface area contributed by atoms with E-state index < -0.39 is 67.1 Å². The Morgan fingerprint density at radius 2 is 1.70 bits per heavy atom. The number of ether oxygens (including phenoxy) is 5. The van der Waals surface area contributed by atoms with Gasteiger partial charge in [-0.3, -0.25) is 4.79 Å². The predicted molar refractivity (Wildman–Crippen MR) is 162 cm³/mol. The molecule has 5 rings (SSSR count). The van der Waals surface area contributed by atoms with Gasteiger partial charge in [0.2, 0.25) is 12.2 Å². The van der Waals surface area contributed by atoms with E-state index in [9.17, 15) is 34.7 Å². The summed E-state index contributed by atoms with van der Waals surface area (Å²) < 4.78 is 42.3. The van der Waals surface area contributed by atoms with Gasteiger partial charge in [-0.05, 0) is 67.5 Å². The average molecular weight is 687 g/mol. The van der Waals surface area contributed by atoms with E-state index in [2.05, 4.69) is 5.32 Å². The van der Waals surface area contributed by atoms with Crippen LogP contribution < -0.4 is 14.8 Å². The van der Waals surface area contributed by atoms with Crippen LogP contribution in [0.3, 0.4) is 0 Å².